The SMILES string of the molecule is CC(=O)Nc1cccc2c1NC(=O)CC2. The first kappa shape index (κ1) is 9.71. The summed E-state index contributed by atoms with van der Waals surface area (Å²) in [6.45, 7) is 1.45. The summed E-state index contributed by atoms with van der Waals surface area (Å²) in [5, 5.41) is 5.48. The van der Waals surface area contributed by atoms with Gasteiger partial charge in [0, 0.05) is 13.3 Å². The van der Waals surface area contributed by atoms with Crippen LogP contribution in [0.15, 0.2) is 18.2 Å². The highest BCUT2D eigenvalue weighted by molar-refractivity contribution is 6.01. The Labute approximate surface area is 87.7 Å². The molecule has 15 heavy (non-hydrogen) atoms. The first-order valence-corrected chi connectivity index (χ1v) is 4.86. The minimum Gasteiger partial charge on any atom is -0.325 e. The van der Waals surface area contributed by atoms with Gasteiger partial charge in [0.25, 0.3) is 0 Å². The maximum atomic E-state index is 11.2. The van der Waals surface area contributed by atoms with Crippen LogP contribution in [0.1, 0.15) is 18.9 Å². The van der Waals surface area contributed by atoms with Gasteiger partial charge < -0.3 is 10.6 Å². The molecule has 4 nitrogen and oxygen atoms in total. The van der Waals surface area contributed by atoms with Crippen LogP contribution in [0.25, 0.3) is 0 Å². The molecule has 1 aliphatic heterocycles. The second-order valence-electron chi connectivity index (χ2n) is 3.57. The molecule has 4 heteroatoms. The Morgan fingerprint density at radius 3 is 2.93 bits per heavy atom. The molecule has 0 aliphatic carbocycles. The normalized spacial score (nSPS) is 14.1. The summed E-state index contributed by atoms with van der Waals surface area (Å²) < 4.78 is 0. The number of hydrogen-bond acceptors (Lipinski definition) is 2. The molecular weight excluding hydrogens is 192 g/mol. The van der Waals surface area contributed by atoms with Crippen molar-refractivity contribution >= 4 is 23.2 Å². The van der Waals surface area contributed by atoms with E-state index in [1.54, 1.807) is 6.07 Å². The fraction of sp³-hybridized carbons (Fsp3) is 0.273. The van der Waals surface area contributed by atoms with E-state index in [0.29, 0.717) is 12.1 Å². The molecule has 0 saturated heterocycles. The number of anilines is 2. The molecule has 0 atom stereocenters. The summed E-state index contributed by atoms with van der Waals surface area (Å²) >= 11 is 0. The van der Waals surface area contributed by atoms with Gasteiger partial charge in [0.1, 0.15) is 0 Å². The zero-order valence-electron chi connectivity index (χ0n) is 8.46. The molecule has 2 amide bonds. The van der Waals surface area contributed by atoms with Crippen molar-refractivity contribution in [3.05, 3.63) is 23.8 Å². The molecule has 0 saturated carbocycles. The number of amides is 2. The van der Waals surface area contributed by atoms with E-state index in [-0.39, 0.29) is 11.8 Å². The predicted octanol–water partition coefficient (Wildman–Crippen LogP) is 1.53. The highest BCUT2D eigenvalue weighted by Gasteiger charge is 2.17. The van der Waals surface area contributed by atoms with Gasteiger partial charge in [0.05, 0.1) is 11.4 Å². The molecule has 1 aromatic rings. The number of carbonyl (C=O) groups excluding carboxylic acids is 2. The molecule has 2 N–H and O–H groups in total. The highest BCUT2D eigenvalue weighted by atomic mass is 16.2. The highest BCUT2D eigenvalue weighted by Crippen LogP contribution is 2.30. The van der Waals surface area contributed by atoms with Crippen molar-refractivity contribution in [2.24, 2.45) is 0 Å². The van der Waals surface area contributed by atoms with Crippen LogP contribution in [0.3, 0.4) is 0 Å². The molecule has 0 aromatic heterocycles. The number of aryl methyl sites for hydroxylation is 1. The fourth-order valence-electron chi connectivity index (χ4n) is 1.70. The van der Waals surface area contributed by atoms with Crippen molar-refractivity contribution in [2.75, 3.05) is 10.6 Å². The lowest BCUT2D eigenvalue weighted by molar-refractivity contribution is -0.116. The van der Waals surface area contributed by atoms with Gasteiger partial charge in [-0.25, -0.2) is 0 Å². The maximum absolute atomic E-state index is 11.2. The molecule has 0 radical (unpaired) electrons. The third-order valence-electron chi connectivity index (χ3n) is 2.35. The van der Waals surface area contributed by atoms with E-state index < -0.39 is 0 Å². The molecule has 0 fully saturated rings. The Kier molecular flexibility index (Phi) is 2.41. The van der Waals surface area contributed by atoms with Crippen LogP contribution in [0.5, 0.6) is 0 Å². The van der Waals surface area contributed by atoms with Crippen molar-refractivity contribution in [3.8, 4) is 0 Å². The predicted molar refractivity (Wildman–Crippen MR) is 57.7 cm³/mol. The summed E-state index contributed by atoms with van der Waals surface area (Å²) in [5.41, 5.74) is 2.48. The molecule has 0 bridgehead atoms. The van der Waals surface area contributed by atoms with E-state index in [4.69, 9.17) is 0 Å². The molecule has 78 valence electrons. The molecule has 0 spiro atoms. The van der Waals surface area contributed by atoms with E-state index in [0.717, 1.165) is 17.7 Å². The molecule has 1 aliphatic rings. The van der Waals surface area contributed by atoms with Crippen molar-refractivity contribution in [1.82, 2.24) is 0 Å². The number of hydrogen-bond donors (Lipinski definition) is 2. The van der Waals surface area contributed by atoms with Crippen molar-refractivity contribution in [3.63, 3.8) is 0 Å². The fourth-order valence-corrected chi connectivity index (χ4v) is 1.70. The van der Waals surface area contributed by atoms with Crippen LogP contribution in [0.4, 0.5) is 11.4 Å². The minimum atomic E-state index is -0.136. The third kappa shape index (κ3) is 1.98. The quantitative estimate of drug-likeness (QED) is 0.728. The minimum absolute atomic E-state index is 0.000280. The monoisotopic (exact) mass is 204 g/mol. The lowest BCUT2D eigenvalue weighted by Crippen LogP contribution is -2.21. The summed E-state index contributed by atoms with van der Waals surface area (Å²) in [7, 11) is 0. The Hall–Kier alpha value is -1.84. The van der Waals surface area contributed by atoms with Crippen LogP contribution < -0.4 is 10.6 Å². The van der Waals surface area contributed by atoms with E-state index in [1.165, 1.54) is 6.92 Å². The van der Waals surface area contributed by atoms with Crippen molar-refractivity contribution < 1.29 is 9.59 Å². The van der Waals surface area contributed by atoms with Crippen molar-refractivity contribution in [1.29, 1.82) is 0 Å². The first-order chi connectivity index (χ1) is 7.16. The second-order valence-corrected chi connectivity index (χ2v) is 3.57. The Balaban J connectivity index is 2.39. The van der Waals surface area contributed by atoms with Crippen LogP contribution in [0, 0.1) is 0 Å². The van der Waals surface area contributed by atoms with Gasteiger partial charge in [0.15, 0.2) is 0 Å². The number of para-hydroxylation sites is 1. The first-order valence-electron chi connectivity index (χ1n) is 4.86. The molecule has 1 aromatic carbocycles. The van der Waals surface area contributed by atoms with Gasteiger partial charge >= 0.3 is 0 Å². The van der Waals surface area contributed by atoms with E-state index in [1.807, 2.05) is 12.1 Å². The molecule has 2 rings (SSSR count). The lowest BCUT2D eigenvalue weighted by atomic mass is 10.0. The van der Waals surface area contributed by atoms with Crippen molar-refractivity contribution in [2.45, 2.75) is 19.8 Å². The van der Waals surface area contributed by atoms with Gasteiger partial charge in [-0.1, -0.05) is 12.1 Å². The Bertz CT molecular complexity index is 427. The standard InChI is InChI=1S/C11H12N2O2/c1-7(14)12-9-4-2-3-8-5-6-10(15)13-11(8)9/h2-4H,5-6H2,1H3,(H,12,14)(H,13,15). The second kappa shape index (κ2) is 3.73. The largest absolute Gasteiger partial charge is 0.325 e. The molecule has 0 unspecified atom stereocenters. The topological polar surface area (TPSA) is 58.2 Å². The van der Waals surface area contributed by atoms with E-state index >= 15 is 0 Å². The average molecular weight is 204 g/mol. The van der Waals surface area contributed by atoms with Crippen LogP contribution in [-0.2, 0) is 16.0 Å². The number of fused-ring (bicyclic) bond motifs is 1. The molecule has 1 heterocycles. The lowest BCUT2D eigenvalue weighted by Gasteiger charge is -2.19. The Morgan fingerprint density at radius 2 is 2.20 bits per heavy atom. The number of nitrogens with one attached hydrogen (secondary N) is 2. The van der Waals surface area contributed by atoms with Crippen LogP contribution in [-0.4, -0.2) is 11.8 Å². The third-order valence-corrected chi connectivity index (χ3v) is 2.35. The summed E-state index contributed by atoms with van der Waals surface area (Å²) in [6, 6.07) is 5.62. The van der Waals surface area contributed by atoms with Gasteiger partial charge in [-0.2, -0.15) is 0 Å². The number of rotatable bonds is 1. The summed E-state index contributed by atoms with van der Waals surface area (Å²) in [6.07, 6.45) is 1.24. The smallest absolute Gasteiger partial charge is 0.224 e. The van der Waals surface area contributed by atoms with E-state index in [2.05, 4.69) is 10.6 Å². The average Bonchev–Trinajstić information content (AvgIpc) is 2.18. The van der Waals surface area contributed by atoms with Crippen LogP contribution >= 0.6 is 0 Å². The van der Waals surface area contributed by atoms with Crippen LogP contribution in [0.2, 0.25) is 0 Å². The molecular formula is C11H12N2O2. The van der Waals surface area contributed by atoms with E-state index in [9.17, 15) is 9.59 Å². The van der Waals surface area contributed by atoms with Gasteiger partial charge in [-0.05, 0) is 18.1 Å². The number of benzene rings is 1. The zero-order chi connectivity index (χ0) is 10.8. The van der Waals surface area contributed by atoms with Gasteiger partial charge in [-0.15, -0.1) is 0 Å². The summed E-state index contributed by atoms with van der Waals surface area (Å²) in [4.78, 5) is 22.2. The van der Waals surface area contributed by atoms with Gasteiger partial charge in [-0.3, -0.25) is 9.59 Å². The zero-order valence-corrected chi connectivity index (χ0v) is 8.46. The maximum Gasteiger partial charge on any atom is 0.224 e. The summed E-state index contributed by atoms with van der Waals surface area (Å²) in [5.74, 6) is -0.136. The van der Waals surface area contributed by atoms with Gasteiger partial charge in [0.2, 0.25) is 11.8 Å². The Morgan fingerprint density at radius 1 is 1.40 bits per heavy atom. The number of carbonyl (C=O) groups is 2.